The van der Waals surface area contributed by atoms with Crippen molar-refractivity contribution in [2.75, 3.05) is 45.9 Å². The van der Waals surface area contributed by atoms with E-state index in [1.165, 1.54) is 16.7 Å². The topological polar surface area (TPSA) is 91.0 Å². The number of ether oxygens (including phenoxy) is 1. The van der Waals surface area contributed by atoms with Gasteiger partial charge < -0.3 is 20.3 Å². The van der Waals surface area contributed by atoms with Crippen molar-refractivity contribution >= 4 is 63.5 Å². The van der Waals surface area contributed by atoms with E-state index in [-0.39, 0.29) is 30.7 Å². The minimum absolute atomic E-state index is 0.0233. The minimum Gasteiger partial charge on any atom is -0.379 e. The Labute approximate surface area is 260 Å². The number of benzene rings is 3. The Morgan fingerprint density at radius 3 is 2.43 bits per heavy atom. The summed E-state index contributed by atoms with van der Waals surface area (Å²) in [4.78, 5) is 43.4. The predicted molar refractivity (Wildman–Crippen MR) is 168 cm³/mol. The smallest absolute Gasteiger partial charge is 0.239 e. The van der Waals surface area contributed by atoms with Gasteiger partial charge in [0.1, 0.15) is 11.9 Å². The van der Waals surface area contributed by atoms with E-state index in [1.54, 1.807) is 18.2 Å². The van der Waals surface area contributed by atoms with Crippen LogP contribution in [-0.4, -0.2) is 78.7 Å². The number of hydrogen-bond donors (Lipinski definition) is 2. The number of nitrogens with one attached hydrogen (secondary N) is 2. The second-order valence-corrected chi connectivity index (χ2v) is 12.5. The van der Waals surface area contributed by atoms with Crippen LogP contribution in [0.1, 0.15) is 29.3 Å². The highest BCUT2D eigenvalue weighted by Crippen LogP contribution is 2.48. The molecule has 2 atom stereocenters. The summed E-state index contributed by atoms with van der Waals surface area (Å²) in [5.41, 5.74) is 1.57. The van der Waals surface area contributed by atoms with Crippen molar-refractivity contribution in [3.05, 3.63) is 81.8 Å². The molecular formula is C31H34Cl2N4O4S. The molecule has 0 aromatic heterocycles. The average molecular weight is 630 g/mol. The van der Waals surface area contributed by atoms with Gasteiger partial charge >= 0.3 is 0 Å². The third-order valence-electron chi connectivity index (χ3n) is 7.50. The van der Waals surface area contributed by atoms with Gasteiger partial charge in [-0.2, -0.15) is 0 Å². The first-order chi connectivity index (χ1) is 20.4. The molecule has 0 radical (unpaired) electrons. The van der Waals surface area contributed by atoms with Crippen LogP contribution in [0.25, 0.3) is 10.8 Å². The number of halogens is 2. The van der Waals surface area contributed by atoms with Crippen molar-refractivity contribution in [1.82, 2.24) is 20.4 Å². The van der Waals surface area contributed by atoms with Gasteiger partial charge in [-0.05, 0) is 41.4 Å². The molecule has 2 heterocycles. The Morgan fingerprint density at radius 2 is 1.64 bits per heavy atom. The quantitative estimate of drug-likeness (QED) is 0.301. The van der Waals surface area contributed by atoms with Crippen molar-refractivity contribution in [3.8, 4) is 0 Å². The lowest BCUT2D eigenvalue weighted by Gasteiger charge is -2.27. The molecule has 3 amide bonds. The maximum Gasteiger partial charge on any atom is 0.239 e. The summed E-state index contributed by atoms with van der Waals surface area (Å²) in [5.74, 6) is -0.794. The average Bonchev–Trinajstić information content (AvgIpc) is 3.28. The van der Waals surface area contributed by atoms with Crippen molar-refractivity contribution in [1.29, 1.82) is 0 Å². The van der Waals surface area contributed by atoms with Gasteiger partial charge in [-0.3, -0.25) is 19.3 Å². The van der Waals surface area contributed by atoms with Gasteiger partial charge in [-0.1, -0.05) is 71.7 Å². The van der Waals surface area contributed by atoms with Gasteiger partial charge in [0.25, 0.3) is 0 Å². The van der Waals surface area contributed by atoms with E-state index in [0.29, 0.717) is 28.7 Å². The van der Waals surface area contributed by atoms with Crippen LogP contribution in [0.15, 0.2) is 60.7 Å². The summed E-state index contributed by atoms with van der Waals surface area (Å²) in [6.45, 7) is 4.82. The van der Waals surface area contributed by atoms with Gasteiger partial charge in [0.05, 0.1) is 18.5 Å². The molecule has 8 nitrogen and oxygen atoms in total. The minimum atomic E-state index is -0.677. The molecule has 2 fully saturated rings. The molecule has 3 aromatic carbocycles. The zero-order chi connectivity index (χ0) is 29.5. The van der Waals surface area contributed by atoms with Crippen molar-refractivity contribution < 1.29 is 19.1 Å². The fourth-order valence-corrected chi connectivity index (χ4v) is 7.56. The molecule has 2 aliphatic heterocycles. The predicted octanol–water partition coefficient (Wildman–Crippen LogP) is 4.63. The van der Waals surface area contributed by atoms with Gasteiger partial charge in [0.2, 0.25) is 17.7 Å². The Balaban J connectivity index is 1.21. The molecular weight excluding hydrogens is 595 g/mol. The van der Waals surface area contributed by atoms with E-state index >= 15 is 0 Å². The van der Waals surface area contributed by atoms with Gasteiger partial charge in [0, 0.05) is 48.2 Å². The summed E-state index contributed by atoms with van der Waals surface area (Å²) in [5, 5.41) is 7.62. The van der Waals surface area contributed by atoms with E-state index in [4.69, 9.17) is 27.9 Å². The van der Waals surface area contributed by atoms with Crippen molar-refractivity contribution in [2.45, 2.75) is 30.0 Å². The van der Waals surface area contributed by atoms with E-state index in [0.717, 1.165) is 55.6 Å². The van der Waals surface area contributed by atoms with Crippen LogP contribution in [0, 0.1) is 0 Å². The molecule has 0 spiro atoms. The molecule has 3 aromatic rings. The summed E-state index contributed by atoms with van der Waals surface area (Å²) in [6, 6.07) is 19.1. The molecule has 0 bridgehead atoms. The molecule has 2 N–H and O–H groups in total. The van der Waals surface area contributed by atoms with Crippen LogP contribution >= 0.6 is 35.0 Å². The largest absolute Gasteiger partial charge is 0.379 e. The Bertz CT molecular complexity index is 1410. The third-order valence-corrected chi connectivity index (χ3v) is 9.60. The fraction of sp³-hybridized carbons (Fsp3) is 0.387. The molecule has 2 aliphatic rings. The standard InChI is InChI=1S/C31H34Cl2N4O4S/c32-24-10-4-11-25(33)29(24)31-37(20-28(39)34-12-5-13-36-14-16-41-17-15-36)30(40)26(42-31)18-27(38)35-19-22-8-3-7-21-6-1-2-9-23(21)22/h1-4,6-11,26,31H,5,12-20H2,(H,34,39)(H,35,38)/t26-,31-/m1/s1. The SMILES string of the molecule is O=C(C[C@H]1S[C@H](c2c(Cl)cccc2Cl)N(CC(=O)NCCCN2CCOCC2)C1=O)NCc1cccc2ccccc12. The summed E-state index contributed by atoms with van der Waals surface area (Å²) >= 11 is 14.3. The first-order valence-corrected chi connectivity index (χ1v) is 15.8. The number of amides is 3. The highest BCUT2D eigenvalue weighted by atomic mass is 35.5. The maximum absolute atomic E-state index is 13.6. The lowest BCUT2D eigenvalue weighted by Crippen LogP contribution is -2.42. The number of carbonyl (C=O) groups excluding carboxylic acids is 3. The molecule has 0 saturated carbocycles. The number of morpholine rings is 1. The highest BCUT2D eigenvalue weighted by molar-refractivity contribution is 8.01. The lowest BCUT2D eigenvalue weighted by atomic mass is 10.0. The Hall–Kier alpha value is -2.82. The monoisotopic (exact) mass is 628 g/mol. The van der Waals surface area contributed by atoms with Crippen LogP contribution in [0.3, 0.4) is 0 Å². The van der Waals surface area contributed by atoms with Gasteiger partial charge in [-0.15, -0.1) is 11.8 Å². The van der Waals surface area contributed by atoms with Crippen LogP contribution in [0.5, 0.6) is 0 Å². The van der Waals surface area contributed by atoms with E-state index in [1.807, 2.05) is 42.5 Å². The van der Waals surface area contributed by atoms with E-state index < -0.39 is 10.6 Å². The molecule has 42 heavy (non-hydrogen) atoms. The lowest BCUT2D eigenvalue weighted by molar-refractivity contribution is -0.136. The number of fused-ring (bicyclic) bond motifs is 1. The highest BCUT2D eigenvalue weighted by Gasteiger charge is 2.44. The number of nitrogens with zero attached hydrogens (tertiary/aromatic N) is 2. The van der Waals surface area contributed by atoms with E-state index in [9.17, 15) is 14.4 Å². The number of rotatable bonds is 11. The molecule has 2 saturated heterocycles. The first-order valence-electron chi connectivity index (χ1n) is 14.1. The molecule has 5 rings (SSSR count). The fourth-order valence-electron chi connectivity index (χ4n) is 5.30. The van der Waals surface area contributed by atoms with Crippen molar-refractivity contribution in [2.24, 2.45) is 0 Å². The maximum atomic E-state index is 13.6. The third kappa shape index (κ3) is 7.57. The summed E-state index contributed by atoms with van der Waals surface area (Å²) in [7, 11) is 0. The second-order valence-electron chi connectivity index (χ2n) is 10.4. The molecule has 11 heteroatoms. The number of carbonyl (C=O) groups is 3. The zero-order valence-corrected chi connectivity index (χ0v) is 25.5. The van der Waals surface area contributed by atoms with Crippen LogP contribution in [-0.2, 0) is 25.7 Å². The first kappa shape index (κ1) is 30.6. The second kappa shape index (κ2) is 14.6. The number of thioether (sulfide) groups is 1. The van der Waals surface area contributed by atoms with Crippen LogP contribution < -0.4 is 10.6 Å². The van der Waals surface area contributed by atoms with Gasteiger partial charge in [-0.25, -0.2) is 0 Å². The van der Waals surface area contributed by atoms with Gasteiger partial charge in [0.15, 0.2) is 0 Å². The summed E-state index contributed by atoms with van der Waals surface area (Å²) < 4.78 is 5.38. The molecule has 0 unspecified atom stereocenters. The molecule has 0 aliphatic carbocycles. The normalized spacial score (nSPS) is 19.3. The van der Waals surface area contributed by atoms with Crippen LogP contribution in [0.2, 0.25) is 10.0 Å². The zero-order valence-electron chi connectivity index (χ0n) is 23.2. The Morgan fingerprint density at radius 1 is 0.929 bits per heavy atom. The van der Waals surface area contributed by atoms with E-state index in [2.05, 4.69) is 15.5 Å². The van der Waals surface area contributed by atoms with Crippen molar-refractivity contribution in [3.63, 3.8) is 0 Å². The van der Waals surface area contributed by atoms with Crippen LogP contribution in [0.4, 0.5) is 0 Å². The Kier molecular flexibility index (Phi) is 10.6. The summed E-state index contributed by atoms with van der Waals surface area (Å²) in [6.07, 6.45) is 0.776. The molecule has 222 valence electrons. The number of hydrogen-bond acceptors (Lipinski definition) is 6.